The van der Waals surface area contributed by atoms with E-state index >= 15 is 0 Å². The van der Waals surface area contributed by atoms with Crippen LogP contribution in [0.1, 0.15) is 25.7 Å². The van der Waals surface area contributed by atoms with Gasteiger partial charge in [-0.15, -0.1) is 0 Å². The highest BCUT2D eigenvalue weighted by Crippen LogP contribution is 2.22. The van der Waals surface area contributed by atoms with E-state index in [0.29, 0.717) is 0 Å². The molecule has 2 aliphatic heterocycles. The lowest BCUT2D eigenvalue weighted by molar-refractivity contribution is 0.176. The molecule has 0 amide bonds. The van der Waals surface area contributed by atoms with E-state index in [1.165, 1.54) is 71.5 Å². The van der Waals surface area contributed by atoms with Crippen molar-refractivity contribution in [3.8, 4) is 0 Å². The molecule has 0 spiro atoms. The Bertz CT molecular complexity index is 232. The quantitative estimate of drug-likeness (QED) is 0.739. The van der Waals surface area contributed by atoms with E-state index in [-0.39, 0.29) is 0 Å². The van der Waals surface area contributed by atoms with Crippen LogP contribution in [0.4, 0.5) is 0 Å². The molecule has 4 heteroatoms. The molecule has 2 N–H and O–H groups in total. The summed E-state index contributed by atoms with van der Waals surface area (Å²) in [6, 6.07) is 0.733. The number of nitrogens with zero attached hydrogens (tertiary/aromatic N) is 2. The standard InChI is InChI=1S/C15H32N4/c1-16-15(14-5-10-18(2)11-6-14)4-3-9-19-12-7-17-8-13-19/h14-17H,3-13H2,1-2H3. The molecule has 19 heavy (non-hydrogen) atoms. The first kappa shape index (κ1) is 15.2. The zero-order valence-electron chi connectivity index (χ0n) is 12.8. The molecule has 4 nitrogen and oxygen atoms in total. The van der Waals surface area contributed by atoms with Crippen LogP contribution in [-0.2, 0) is 0 Å². The van der Waals surface area contributed by atoms with Crippen molar-refractivity contribution in [3.05, 3.63) is 0 Å². The Kier molecular flexibility index (Phi) is 6.57. The normalized spacial score (nSPS) is 25.6. The third kappa shape index (κ3) is 5.03. The van der Waals surface area contributed by atoms with Gasteiger partial charge in [-0.1, -0.05) is 0 Å². The van der Waals surface area contributed by atoms with Gasteiger partial charge in [0.25, 0.3) is 0 Å². The monoisotopic (exact) mass is 268 g/mol. The van der Waals surface area contributed by atoms with Crippen LogP contribution in [0, 0.1) is 5.92 Å². The van der Waals surface area contributed by atoms with Crippen molar-refractivity contribution in [1.82, 2.24) is 20.4 Å². The lowest BCUT2D eigenvalue weighted by atomic mass is 9.87. The highest BCUT2D eigenvalue weighted by molar-refractivity contribution is 4.81. The number of hydrogen-bond acceptors (Lipinski definition) is 4. The van der Waals surface area contributed by atoms with Crippen LogP contribution in [0.3, 0.4) is 0 Å². The van der Waals surface area contributed by atoms with Crippen LogP contribution in [-0.4, -0.2) is 75.8 Å². The first-order valence-corrected chi connectivity index (χ1v) is 8.08. The fourth-order valence-corrected chi connectivity index (χ4v) is 3.52. The van der Waals surface area contributed by atoms with E-state index in [9.17, 15) is 0 Å². The molecule has 2 rings (SSSR count). The summed E-state index contributed by atoms with van der Waals surface area (Å²) in [7, 11) is 4.39. The van der Waals surface area contributed by atoms with Gasteiger partial charge in [0, 0.05) is 32.2 Å². The third-order valence-electron chi connectivity index (χ3n) is 4.90. The zero-order chi connectivity index (χ0) is 13.5. The largest absolute Gasteiger partial charge is 0.317 e. The average Bonchev–Trinajstić information content (AvgIpc) is 2.46. The summed E-state index contributed by atoms with van der Waals surface area (Å²) < 4.78 is 0. The first-order chi connectivity index (χ1) is 9.29. The molecule has 0 saturated carbocycles. The smallest absolute Gasteiger partial charge is 0.0107 e. The van der Waals surface area contributed by atoms with Crippen LogP contribution in [0.2, 0.25) is 0 Å². The van der Waals surface area contributed by atoms with Crippen LogP contribution < -0.4 is 10.6 Å². The molecule has 2 fully saturated rings. The molecule has 2 aliphatic rings. The molecule has 2 heterocycles. The Morgan fingerprint density at radius 2 is 1.84 bits per heavy atom. The molecule has 0 aliphatic carbocycles. The fraction of sp³-hybridized carbons (Fsp3) is 1.00. The van der Waals surface area contributed by atoms with Crippen LogP contribution >= 0.6 is 0 Å². The van der Waals surface area contributed by atoms with Gasteiger partial charge in [-0.3, -0.25) is 0 Å². The Morgan fingerprint density at radius 1 is 1.16 bits per heavy atom. The van der Waals surface area contributed by atoms with Gasteiger partial charge in [0.2, 0.25) is 0 Å². The molecule has 0 aromatic heterocycles. The van der Waals surface area contributed by atoms with Crippen LogP contribution in [0.5, 0.6) is 0 Å². The maximum Gasteiger partial charge on any atom is 0.0107 e. The van der Waals surface area contributed by atoms with E-state index in [1.54, 1.807) is 0 Å². The zero-order valence-corrected chi connectivity index (χ0v) is 12.8. The molecule has 0 radical (unpaired) electrons. The predicted octanol–water partition coefficient (Wildman–Crippen LogP) is 0.602. The minimum absolute atomic E-state index is 0.733. The molecular weight excluding hydrogens is 236 g/mol. The topological polar surface area (TPSA) is 30.5 Å². The molecule has 1 unspecified atom stereocenters. The Labute approximate surface area is 118 Å². The second-order valence-electron chi connectivity index (χ2n) is 6.27. The number of rotatable bonds is 6. The molecule has 0 aromatic carbocycles. The van der Waals surface area contributed by atoms with Gasteiger partial charge >= 0.3 is 0 Å². The minimum Gasteiger partial charge on any atom is -0.317 e. The van der Waals surface area contributed by atoms with Crippen molar-refractivity contribution in [2.75, 3.05) is 59.9 Å². The molecule has 2 saturated heterocycles. The van der Waals surface area contributed by atoms with Gasteiger partial charge < -0.3 is 20.4 Å². The number of hydrogen-bond donors (Lipinski definition) is 2. The summed E-state index contributed by atoms with van der Waals surface area (Å²) in [5.41, 5.74) is 0. The maximum absolute atomic E-state index is 3.57. The summed E-state index contributed by atoms with van der Waals surface area (Å²) in [6.45, 7) is 8.65. The number of piperidine rings is 1. The highest BCUT2D eigenvalue weighted by Gasteiger charge is 2.24. The van der Waals surface area contributed by atoms with Crippen molar-refractivity contribution in [3.63, 3.8) is 0 Å². The van der Waals surface area contributed by atoms with E-state index in [0.717, 1.165) is 12.0 Å². The predicted molar refractivity (Wildman–Crippen MR) is 81.6 cm³/mol. The molecule has 0 bridgehead atoms. The second-order valence-corrected chi connectivity index (χ2v) is 6.27. The lowest BCUT2D eigenvalue weighted by Crippen LogP contribution is -2.44. The molecule has 1 atom stereocenters. The summed E-state index contributed by atoms with van der Waals surface area (Å²) >= 11 is 0. The van der Waals surface area contributed by atoms with Crippen LogP contribution in [0.15, 0.2) is 0 Å². The summed E-state index contributed by atoms with van der Waals surface area (Å²) in [5.74, 6) is 0.893. The maximum atomic E-state index is 3.57. The molecule has 0 aromatic rings. The summed E-state index contributed by atoms with van der Waals surface area (Å²) in [6.07, 6.45) is 5.43. The van der Waals surface area contributed by atoms with E-state index in [4.69, 9.17) is 0 Å². The Balaban J connectivity index is 1.64. The molecule has 112 valence electrons. The van der Waals surface area contributed by atoms with Gasteiger partial charge in [0.05, 0.1) is 0 Å². The van der Waals surface area contributed by atoms with E-state index in [1.807, 2.05) is 0 Å². The van der Waals surface area contributed by atoms with Crippen LogP contribution in [0.25, 0.3) is 0 Å². The third-order valence-corrected chi connectivity index (χ3v) is 4.90. The van der Waals surface area contributed by atoms with E-state index < -0.39 is 0 Å². The van der Waals surface area contributed by atoms with Gasteiger partial charge in [0.1, 0.15) is 0 Å². The van der Waals surface area contributed by atoms with Gasteiger partial charge in [0.15, 0.2) is 0 Å². The fourth-order valence-electron chi connectivity index (χ4n) is 3.52. The summed E-state index contributed by atoms with van der Waals surface area (Å²) in [4.78, 5) is 5.07. The average molecular weight is 268 g/mol. The number of piperazine rings is 1. The van der Waals surface area contributed by atoms with Gasteiger partial charge in [-0.25, -0.2) is 0 Å². The Morgan fingerprint density at radius 3 is 2.47 bits per heavy atom. The number of nitrogens with one attached hydrogen (secondary N) is 2. The second kappa shape index (κ2) is 8.20. The van der Waals surface area contributed by atoms with Crippen molar-refractivity contribution >= 4 is 0 Å². The van der Waals surface area contributed by atoms with Gasteiger partial charge in [-0.2, -0.15) is 0 Å². The minimum atomic E-state index is 0.733. The molecular formula is C15H32N4. The Hall–Kier alpha value is -0.160. The van der Waals surface area contributed by atoms with Crippen molar-refractivity contribution in [1.29, 1.82) is 0 Å². The summed E-state index contributed by atoms with van der Waals surface area (Å²) in [5, 5.41) is 7.00. The van der Waals surface area contributed by atoms with Gasteiger partial charge in [-0.05, 0) is 65.3 Å². The van der Waals surface area contributed by atoms with Crippen molar-refractivity contribution < 1.29 is 0 Å². The van der Waals surface area contributed by atoms with Crippen molar-refractivity contribution in [2.45, 2.75) is 31.7 Å². The lowest BCUT2D eigenvalue weighted by Gasteiger charge is -2.35. The van der Waals surface area contributed by atoms with Crippen molar-refractivity contribution in [2.24, 2.45) is 5.92 Å². The highest BCUT2D eigenvalue weighted by atomic mass is 15.2. The SMILES string of the molecule is CNC(CCCN1CCNCC1)C1CCN(C)CC1. The number of likely N-dealkylation sites (tertiary alicyclic amines) is 1. The first-order valence-electron chi connectivity index (χ1n) is 8.08. The van der Waals surface area contributed by atoms with E-state index in [2.05, 4.69) is 34.5 Å².